The zero-order valence-electron chi connectivity index (χ0n) is 12.7. The van der Waals surface area contributed by atoms with E-state index in [0.29, 0.717) is 5.92 Å². The van der Waals surface area contributed by atoms with E-state index < -0.39 is 6.61 Å². The summed E-state index contributed by atoms with van der Waals surface area (Å²) < 4.78 is 28.6. The second-order valence-electron chi connectivity index (χ2n) is 5.78. The van der Waals surface area contributed by atoms with Gasteiger partial charge in [0.2, 0.25) is 0 Å². The standard InChI is InChI=1S/C16H24F2N2O/c1-12(20(2)11-13-4-3-9-19-10-13)14-5-7-15(8-6-14)21-16(17)18/h5-8,12-13,16,19H,3-4,9-11H2,1-2H3. The largest absolute Gasteiger partial charge is 0.435 e. The number of halogens is 2. The number of alkyl halides is 2. The monoisotopic (exact) mass is 298 g/mol. The summed E-state index contributed by atoms with van der Waals surface area (Å²) in [4.78, 5) is 2.32. The summed E-state index contributed by atoms with van der Waals surface area (Å²) in [7, 11) is 2.11. The molecule has 2 unspecified atom stereocenters. The highest BCUT2D eigenvalue weighted by molar-refractivity contribution is 5.29. The van der Waals surface area contributed by atoms with Gasteiger partial charge in [-0.05, 0) is 63.5 Å². The lowest BCUT2D eigenvalue weighted by molar-refractivity contribution is -0.0498. The number of piperidine rings is 1. The van der Waals surface area contributed by atoms with Gasteiger partial charge in [0.25, 0.3) is 0 Å². The highest BCUT2D eigenvalue weighted by Crippen LogP contribution is 2.24. The lowest BCUT2D eigenvalue weighted by Gasteiger charge is -2.31. The molecule has 1 aliphatic heterocycles. The quantitative estimate of drug-likeness (QED) is 0.872. The predicted molar refractivity (Wildman–Crippen MR) is 79.7 cm³/mol. The van der Waals surface area contributed by atoms with Gasteiger partial charge in [0.05, 0.1) is 0 Å². The molecule has 0 bridgehead atoms. The number of hydrogen-bond acceptors (Lipinski definition) is 3. The zero-order chi connectivity index (χ0) is 15.2. The van der Waals surface area contributed by atoms with Gasteiger partial charge in [-0.3, -0.25) is 4.90 Å². The average Bonchev–Trinajstić information content (AvgIpc) is 2.47. The van der Waals surface area contributed by atoms with Crippen molar-refractivity contribution in [2.75, 3.05) is 26.7 Å². The third-order valence-electron chi connectivity index (χ3n) is 4.19. The highest BCUT2D eigenvalue weighted by atomic mass is 19.3. The van der Waals surface area contributed by atoms with Crippen molar-refractivity contribution in [3.8, 4) is 5.75 Å². The summed E-state index contributed by atoms with van der Waals surface area (Å²) in [5, 5.41) is 3.43. The van der Waals surface area contributed by atoms with Gasteiger partial charge in [-0.2, -0.15) is 8.78 Å². The Morgan fingerprint density at radius 2 is 2.05 bits per heavy atom. The lowest BCUT2D eigenvalue weighted by atomic mass is 9.98. The smallest absolute Gasteiger partial charge is 0.387 e. The number of ether oxygens (including phenoxy) is 1. The Morgan fingerprint density at radius 1 is 1.33 bits per heavy atom. The van der Waals surface area contributed by atoms with Crippen molar-refractivity contribution in [2.45, 2.75) is 32.4 Å². The van der Waals surface area contributed by atoms with Gasteiger partial charge >= 0.3 is 6.61 Å². The van der Waals surface area contributed by atoms with Crippen LogP contribution in [0.25, 0.3) is 0 Å². The molecule has 0 saturated carbocycles. The van der Waals surface area contributed by atoms with E-state index in [0.717, 1.165) is 25.2 Å². The third-order valence-corrected chi connectivity index (χ3v) is 4.19. The summed E-state index contributed by atoms with van der Waals surface area (Å²) in [6.07, 6.45) is 2.51. The van der Waals surface area contributed by atoms with Crippen LogP contribution in [0, 0.1) is 5.92 Å². The second kappa shape index (κ2) is 7.71. The van der Waals surface area contributed by atoms with Gasteiger partial charge in [0, 0.05) is 12.6 Å². The van der Waals surface area contributed by atoms with Crippen LogP contribution in [0.3, 0.4) is 0 Å². The Balaban J connectivity index is 1.90. The van der Waals surface area contributed by atoms with Crippen LogP contribution in [-0.2, 0) is 0 Å². The summed E-state index contributed by atoms with van der Waals surface area (Å²) in [5.74, 6) is 0.896. The molecular weight excluding hydrogens is 274 g/mol. The molecule has 1 aliphatic rings. The van der Waals surface area contributed by atoms with Crippen LogP contribution in [0.5, 0.6) is 5.75 Å². The van der Waals surface area contributed by atoms with Crippen LogP contribution < -0.4 is 10.1 Å². The molecule has 1 heterocycles. The molecule has 0 aliphatic carbocycles. The molecule has 0 aromatic heterocycles. The number of rotatable bonds is 6. The minimum atomic E-state index is -2.77. The molecular formula is C16H24F2N2O. The van der Waals surface area contributed by atoms with Crippen LogP contribution in [0.15, 0.2) is 24.3 Å². The minimum absolute atomic E-state index is 0.208. The maximum atomic E-state index is 12.1. The third kappa shape index (κ3) is 4.93. The summed E-state index contributed by atoms with van der Waals surface area (Å²) in [5.41, 5.74) is 1.11. The Labute approximate surface area is 125 Å². The number of hydrogen-bond donors (Lipinski definition) is 1. The maximum Gasteiger partial charge on any atom is 0.387 e. The van der Waals surface area contributed by atoms with Crippen LogP contribution >= 0.6 is 0 Å². The van der Waals surface area contributed by atoms with Crippen LogP contribution in [0.4, 0.5) is 8.78 Å². The molecule has 2 atom stereocenters. The molecule has 1 N–H and O–H groups in total. The topological polar surface area (TPSA) is 24.5 Å². The number of nitrogens with one attached hydrogen (secondary N) is 1. The van der Waals surface area contributed by atoms with Gasteiger partial charge in [0.1, 0.15) is 5.75 Å². The van der Waals surface area contributed by atoms with Gasteiger partial charge in [0.15, 0.2) is 0 Å². The molecule has 0 radical (unpaired) electrons. The first-order valence-electron chi connectivity index (χ1n) is 7.52. The maximum absolute atomic E-state index is 12.1. The van der Waals surface area contributed by atoms with Crippen molar-refractivity contribution < 1.29 is 13.5 Å². The fourth-order valence-electron chi connectivity index (χ4n) is 2.83. The number of nitrogens with zero attached hydrogens (tertiary/aromatic N) is 1. The van der Waals surface area contributed by atoms with E-state index in [-0.39, 0.29) is 11.8 Å². The predicted octanol–water partition coefficient (Wildman–Crippen LogP) is 3.28. The minimum Gasteiger partial charge on any atom is -0.435 e. The normalized spacial score (nSPS) is 20.8. The molecule has 2 rings (SSSR count). The van der Waals surface area contributed by atoms with Crippen molar-refractivity contribution in [1.29, 1.82) is 0 Å². The average molecular weight is 298 g/mol. The van der Waals surface area contributed by atoms with E-state index in [1.165, 1.54) is 12.8 Å². The highest BCUT2D eigenvalue weighted by Gasteiger charge is 2.19. The molecule has 1 aromatic rings. The molecule has 3 nitrogen and oxygen atoms in total. The van der Waals surface area contributed by atoms with Crippen LogP contribution in [-0.4, -0.2) is 38.2 Å². The summed E-state index contributed by atoms with van der Waals surface area (Å²) in [6.45, 7) is 2.62. The first-order chi connectivity index (χ1) is 10.1. The lowest BCUT2D eigenvalue weighted by Crippen LogP contribution is -2.37. The molecule has 1 saturated heterocycles. The molecule has 0 spiro atoms. The second-order valence-corrected chi connectivity index (χ2v) is 5.78. The fourth-order valence-corrected chi connectivity index (χ4v) is 2.83. The van der Waals surface area contributed by atoms with Crippen LogP contribution in [0.1, 0.15) is 31.4 Å². The van der Waals surface area contributed by atoms with Crippen molar-refractivity contribution in [3.05, 3.63) is 29.8 Å². The van der Waals surface area contributed by atoms with Crippen molar-refractivity contribution in [1.82, 2.24) is 10.2 Å². The van der Waals surface area contributed by atoms with E-state index in [4.69, 9.17) is 0 Å². The van der Waals surface area contributed by atoms with Crippen molar-refractivity contribution in [2.24, 2.45) is 5.92 Å². The molecule has 5 heteroatoms. The van der Waals surface area contributed by atoms with Gasteiger partial charge in [-0.15, -0.1) is 0 Å². The van der Waals surface area contributed by atoms with Crippen LogP contribution in [0.2, 0.25) is 0 Å². The van der Waals surface area contributed by atoms with E-state index in [1.54, 1.807) is 12.1 Å². The SMILES string of the molecule is CC(c1ccc(OC(F)F)cc1)N(C)CC1CCCNC1. The van der Waals surface area contributed by atoms with Gasteiger partial charge in [-0.1, -0.05) is 12.1 Å². The molecule has 21 heavy (non-hydrogen) atoms. The van der Waals surface area contributed by atoms with Crippen molar-refractivity contribution in [3.63, 3.8) is 0 Å². The van der Waals surface area contributed by atoms with Gasteiger partial charge < -0.3 is 10.1 Å². The Kier molecular flexibility index (Phi) is 5.94. The molecule has 1 aromatic carbocycles. The Morgan fingerprint density at radius 3 is 2.62 bits per heavy atom. The van der Waals surface area contributed by atoms with Gasteiger partial charge in [-0.25, -0.2) is 0 Å². The fraction of sp³-hybridized carbons (Fsp3) is 0.625. The Bertz CT molecular complexity index is 419. The first kappa shape index (κ1) is 16.2. The molecule has 1 fully saturated rings. The number of benzene rings is 1. The summed E-state index contributed by atoms with van der Waals surface area (Å²) >= 11 is 0. The van der Waals surface area contributed by atoms with Crippen molar-refractivity contribution >= 4 is 0 Å². The zero-order valence-corrected chi connectivity index (χ0v) is 12.7. The summed E-state index contributed by atoms with van der Waals surface area (Å²) in [6, 6.07) is 7.19. The Hall–Kier alpha value is -1.20. The first-order valence-corrected chi connectivity index (χ1v) is 7.52. The van der Waals surface area contributed by atoms with E-state index >= 15 is 0 Å². The molecule has 118 valence electrons. The van der Waals surface area contributed by atoms with E-state index in [9.17, 15) is 8.78 Å². The van der Waals surface area contributed by atoms with E-state index in [1.807, 2.05) is 12.1 Å². The molecule has 0 amide bonds. The van der Waals surface area contributed by atoms with E-state index in [2.05, 4.69) is 28.9 Å².